The van der Waals surface area contributed by atoms with Gasteiger partial charge in [-0.3, -0.25) is 36.9 Å². The Morgan fingerprint density at radius 1 is 0.800 bits per heavy atom. The van der Waals surface area contributed by atoms with Crippen LogP contribution < -0.4 is 42.8 Å². The third-order valence-electron chi connectivity index (χ3n) is 9.70. The van der Waals surface area contributed by atoms with Crippen molar-refractivity contribution in [2.75, 3.05) is 25.1 Å². The van der Waals surface area contributed by atoms with Crippen molar-refractivity contribution in [2.45, 2.75) is 37.3 Å². The molecule has 0 spiro atoms. The van der Waals surface area contributed by atoms with Gasteiger partial charge in [0.2, 0.25) is 5.91 Å². The number of carbonyl (C=O) groups excluding carboxylic acids is 3. The molecule has 400 valence electrons. The monoisotopic (exact) mass is 1320 g/mol. The van der Waals surface area contributed by atoms with Crippen molar-refractivity contribution < 1.29 is 72.3 Å². The molecule has 3 heterocycles. The van der Waals surface area contributed by atoms with Crippen LogP contribution in [0.5, 0.6) is 28.7 Å². The number of nitro benzene ring substituents is 2. The summed E-state index contributed by atoms with van der Waals surface area (Å²) in [5, 5.41) is 23.4. The summed E-state index contributed by atoms with van der Waals surface area (Å²) in [7, 11) is 3.31. The molecule has 1 aliphatic carbocycles. The lowest BCUT2D eigenvalue weighted by Crippen LogP contribution is -2.20. The topological polar surface area (TPSA) is 275 Å². The van der Waals surface area contributed by atoms with E-state index in [1.807, 2.05) is 70.0 Å². The smallest absolute Gasteiger partial charge is 0.409 e. The first-order valence-corrected chi connectivity index (χ1v) is 22.9. The van der Waals surface area contributed by atoms with Gasteiger partial charge in [-0.05, 0) is 75.1 Å². The fraction of sp³-hybridized carbons (Fsp3) is 0.174. The van der Waals surface area contributed by atoms with Crippen molar-refractivity contribution in [1.82, 2.24) is 12.0 Å². The molecule has 0 unspecified atom stereocenters. The van der Waals surface area contributed by atoms with Gasteiger partial charge in [-0.2, -0.15) is 0 Å². The van der Waals surface area contributed by atoms with Crippen molar-refractivity contribution in [3.63, 3.8) is 0 Å². The Balaban J connectivity index is 0.000000267. The van der Waals surface area contributed by atoms with Crippen LogP contribution in [-0.4, -0.2) is 58.4 Å². The Morgan fingerprint density at radius 3 is 1.84 bits per heavy atom. The summed E-state index contributed by atoms with van der Waals surface area (Å²) >= 11 is 8.61. The minimum atomic E-state index is -1.36. The first kappa shape index (κ1) is 59.2. The molecule has 0 radical (unpaired) electrons. The molecule has 6 aromatic rings. The normalized spacial score (nSPS) is 15.1. The van der Waals surface area contributed by atoms with Crippen molar-refractivity contribution in [3.8, 4) is 28.7 Å². The van der Waals surface area contributed by atoms with E-state index in [1.165, 1.54) is 43.4 Å². The largest absolute Gasteiger partial charge is 0.488 e. The van der Waals surface area contributed by atoms with Gasteiger partial charge in [0.1, 0.15) is 55.1 Å². The maximum absolute atomic E-state index is 13.4. The number of hydrogen-bond donors (Lipinski definition) is 5. The highest BCUT2D eigenvalue weighted by atomic mass is 127. The summed E-state index contributed by atoms with van der Waals surface area (Å²) in [5.41, 5.74) is 11.0. The van der Waals surface area contributed by atoms with E-state index in [9.17, 15) is 61.0 Å². The van der Waals surface area contributed by atoms with E-state index in [2.05, 4.69) is 15.0 Å². The van der Waals surface area contributed by atoms with E-state index < -0.39 is 62.6 Å². The molecule has 5 aromatic carbocycles. The molecule has 19 nitrogen and oxygen atoms in total. The van der Waals surface area contributed by atoms with Gasteiger partial charge >= 0.3 is 11.4 Å². The lowest BCUT2D eigenvalue weighted by molar-refractivity contribution is -0.385. The predicted octanol–water partition coefficient (Wildman–Crippen LogP) is 10.7. The first-order valence-electron chi connectivity index (χ1n) is 21.5. The number of fused-ring (bicyclic) bond motifs is 4. The van der Waals surface area contributed by atoms with Gasteiger partial charge in [-0.1, -0.05) is 0 Å². The zero-order valence-corrected chi connectivity index (χ0v) is 44.2. The highest BCUT2D eigenvalue weighted by molar-refractivity contribution is 14.1. The van der Waals surface area contributed by atoms with Crippen LogP contribution in [0, 0.1) is 55.1 Å². The SMILES string of the molecule is Cl.N[C@@H]1[C@H]2Oc3ccc(Oc4ccnc5c4CCC(=O)N5)cc3[C@@H]12.Nc1cc(F)c(F)cc1F.O=C(Cc1cc(F)c(F)cc1F)Oc1ccc([N+](=O)[O-])cc1.O=C(Cl)Oc1ccc([N+](=O)[O-])cc1.[3H]N(C)I.[3H]N(C)I. The Kier molecular flexibility index (Phi) is 23.7. The van der Waals surface area contributed by atoms with Crippen LogP contribution in [0.25, 0.3) is 0 Å². The number of pyridine rings is 1. The molecule has 1 saturated carbocycles. The molecule has 3 aliphatic rings. The number of nitrogen functional groups attached to an aromatic ring is 1. The van der Waals surface area contributed by atoms with E-state index in [0.717, 1.165) is 40.5 Å². The second kappa shape index (κ2) is 30.0. The second-order valence-electron chi connectivity index (χ2n) is 14.6. The lowest BCUT2D eigenvalue weighted by atomic mass is 10.1. The van der Waals surface area contributed by atoms with E-state index in [0.29, 0.717) is 48.8 Å². The molecule has 0 saturated heterocycles. The number of anilines is 2. The zero-order valence-electron chi connectivity index (χ0n) is 40.4. The molecular weight excluding hydrogens is 1280 g/mol. The number of rotatable bonds is 8. The van der Waals surface area contributed by atoms with Gasteiger partial charge in [0, 0.05) is 135 Å². The molecule has 1 aromatic heterocycles. The first-order chi connectivity index (χ1) is 35.7. The molecule has 1 fully saturated rings. The fourth-order valence-corrected chi connectivity index (χ4v) is 6.44. The van der Waals surface area contributed by atoms with Gasteiger partial charge in [0.05, 0.1) is 28.0 Å². The van der Waals surface area contributed by atoms with Crippen molar-refractivity contribution in [3.05, 3.63) is 175 Å². The molecule has 9 rings (SSSR count). The number of aromatic nitrogens is 1. The highest BCUT2D eigenvalue weighted by Crippen LogP contribution is 2.53. The maximum atomic E-state index is 13.4. The number of halogens is 10. The van der Waals surface area contributed by atoms with Gasteiger partial charge in [0.25, 0.3) is 11.4 Å². The predicted molar refractivity (Wildman–Crippen MR) is 281 cm³/mol. The number of nitrogens with two attached hydrogens (primary N) is 2. The number of nitro groups is 2. The number of benzene rings is 5. The highest BCUT2D eigenvalue weighted by Gasteiger charge is 2.56. The van der Waals surface area contributed by atoms with Crippen LogP contribution in [0.15, 0.2) is 103 Å². The Hall–Kier alpha value is -6.64. The zero-order chi connectivity index (χ0) is 56.6. The summed E-state index contributed by atoms with van der Waals surface area (Å²) in [6.07, 6.45) is 2.24. The van der Waals surface area contributed by atoms with Crippen LogP contribution in [0.1, 0.15) is 29.0 Å². The summed E-state index contributed by atoms with van der Waals surface area (Å²) < 4.78 is 112. The quantitative estimate of drug-likeness (QED) is 0.00905. The van der Waals surface area contributed by atoms with E-state index >= 15 is 0 Å². The van der Waals surface area contributed by atoms with Crippen LogP contribution in [0.2, 0.25) is 2.82 Å². The minimum Gasteiger partial charge on any atom is -0.488 e. The molecular formula is C46H40Cl2F6I2N8O11. The number of esters is 1. The van der Waals surface area contributed by atoms with E-state index in [4.69, 9.17) is 40.1 Å². The van der Waals surface area contributed by atoms with Gasteiger partial charge in [-0.15, -0.1) is 12.4 Å². The maximum Gasteiger partial charge on any atom is 0.409 e. The number of nitrogens with zero attached hydrogens (tertiary/aromatic N) is 3. The van der Waals surface area contributed by atoms with Gasteiger partial charge in [-0.25, -0.2) is 36.1 Å². The minimum absolute atomic E-state index is 0. The van der Waals surface area contributed by atoms with Crippen molar-refractivity contribution in [1.29, 1.82) is 0 Å². The van der Waals surface area contributed by atoms with E-state index in [1.54, 1.807) is 20.3 Å². The average molecular weight is 1320 g/mol. The summed E-state index contributed by atoms with van der Waals surface area (Å²) in [5.74, 6) is -4.50. The Morgan fingerprint density at radius 2 is 1.31 bits per heavy atom. The van der Waals surface area contributed by atoms with Gasteiger partial charge in [0.15, 0.2) is 23.3 Å². The number of carbonyl (C=O) groups is 3. The second-order valence-corrected chi connectivity index (χ2v) is 16.9. The molecule has 29 heteroatoms. The number of amides is 1. The summed E-state index contributed by atoms with van der Waals surface area (Å²) in [4.78, 5) is 57.0. The number of nitrogens with one attached hydrogen (secondary N) is 3. The van der Waals surface area contributed by atoms with Crippen LogP contribution in [-0.2, 0) is 22.4 Å². The van der Waals surface area contributed by atoms with Crippen LogP contribution in [0.3, 0.4) is 0 Å². The molecule has 1 amide bonds. The lowest BCUT2D eigenvalue weighted by Gasteiger charge is -2.19. The third-order valence-corrected chi connectivity index (χ3v) is 9.78. The molecule has 75 heavy (non-hydrogen) atoms. The summed E-state index contributed by atoms with van der Waals surface area (Å²) in [6, 6.07) is 19.3. The third kappa shape index (κ3) is 18.9. The van der Waals surface area contributed by atoms with Crippen molar-refractivity contribution in [2.24, 2.45) is 5.73 Å². The fourth-order valence-electron chi connectivity index (χ4n) is 6.35. The Bertz CT molecular complexity index is 3000. The van der Waals surface area contributed by atoms with Crippen LogP contribution in [0.4, 0.5) is 54.0 Å². The number of non-ortho nitro benzene ring substituents is 2. The number of ether oxygens (including phenoxy) is 4. The van der Waals surface area contributed by atoms with E-state index in [-0.39, 0.29) is 64.6 Å². The molecule has 0 bridgehead atoms. The Labute approximate surface area is 463 Å². The van der Waals surface area contributed by atoms with Crippen molar-refractivity contribution >= 4 is 110 Å². The van der Waals surface area contributed by atoms with Crippen LogP contribution >= 0.6 is 69.7 Å². The molecule has 7 N–H and O–H groups in total. The van der Waals surface area contributed by atoms with Gasteiger partial charge < -0.3 is 35.7 Å². The number of hydrogen-bond acceptors (Lipinski definition) is 16. The molecule has 2 aliphatic heterocycles. The molecule has 3 atom stereocenters. The standard InChI is InChI=1S/C17H15N3O3.C14H8F3NO4.C7H4ClNO4.C6H4F3N.2CH4IN.ClH/c18-15-14-10-7-8(1-3-11(10)23-16(14)15)22-12-5-6-19-17-9(12)2-4-13(21)20-17;15-11-7-13(17)12(16)5-8(11)6-14(19)22-10-3-1-9(2-4-10)18(20)21;8-7(10)13-6-3-1-5(2-4-6)9(11)12;7-3-1-5(9)6(10)2-4(3)8;2*1-3-2;/h1,3,5-7,14-16H,2,4,18H2,(H,19,20,21);1-5,7H,6H2;1-4H;1-2H,10H2;2*3H,1H3;1H/t14-,15-,16-;;;;;;/m0....../s1/i/hT2. The average Bonchev–Trinajstić information content (AvgIpc) is 3.79. The summed E-state index contributed by atoms with van der Waals surface area (Å²) in [6.45, 7) is 0.